The van der Waals surface area contributed by atoms with Gasteiger partial charge in [0.1, 0.15) is 5.00 Å². The number of hydrogen-bond donors (Lipinski definition) is 3. The van der Waals surface area contributed by atoms with Crippen molar-refractivity contribution in [2.24, 2.45) is 0 Å². The standard InChI is InChI=1S/C27H18N2O4S2/c30-27(31)23-4-1-3-20(26(23)21-11-10-19-14-15-28-24(19)17-21)9-6-18-7-12-22(13-8-18)29(35(32)33)25-5-2-16-34-25/h1-5,7-8,10-17,28H,(H,30,31)(H,32,33). The summed E-state index contributed by atoms with van der Waals surface area (Å²) in [6.45, 7) is 0. The molecule has 0 aliphatic heterocycles. The second kappa shape index (κ2) is 9.60. The zero-order chi connectivity index (χ0) is 24.4. The molecule has 0 saturated carbocycles. The molecule has 5 rings (SSSR count). The molecule has 0 saturated heterocycles. The summed E-state index contributed by atoms with van der Waals surface area (Å²) >= 11 is -0.848. The summed E-state index contributed by atoms with van der Waals surface area (Å²) in [6, 6.07) is 23.4. The first-order chi connectivity index (χ1) is 17.0. The summed E-state index contributed by atoms with van der Waals surface area (Å²) in [5.41, 5.74) is 4.25. The number of carbonyl (C=O) groups is 1. The molecule has 1 atom stereocenters. The highest BCUT2D eigenvalue weighted by Gasteiger charge is 2.17. The van der Waals surface area contributed by atoms with E-state index in [9.17, 15) is 18.7 Å². The van der Waals surface area contributed by atoms with Gasteiger partial charge in [-0.1, -0.05) is 30.0 Å². The smallest absolute Gasteiger partial charge is 0.336 e. The van der Waals surface area contributed by atoms with E-state index in [0.29, 0.717) is 27.4 Å². The zero-order valence-corrected chi connectivity index (χ0v) is 19.8. The quantitative estimate of drug-likeness (QED) is 0.197. The summed E-state index contributed by atoms with van der Waals surface area (Å²) in [5, 5.41) is 13.3. The minimum Gasteiger partial charge on any atom is -0.478 e. The van der Waals surface area contributed by atoms with Gasteiger partial charge in [0.2, 0.25) is 0 Å². The molecule has 0 bridgehead atoms. The molecule has 3 aromatic carbocycles. The van der Waals surface area contributed by atoms with Crippen molar-refractivity contribution < 1.29 is 18.7 Å². The maximum atomic E-state index is 12.0. The van der Waals surface area contributed by atoms with Gasteiger partial charge in [0.05, 0.1) is 11.3 Å². The highest BCUT2D eigenvalue weighted by molar-refractivity contribution is 7.81. The van der Waals surface area contributed by atoms with E-state index in [-0.39, 0.29) is 5.56 Å². The number of thiophene rings is 1. The summed E-state index contributed by atoms with van der Waals surface area (Å²) in [6.07, 6.45) is 1.84. The lowest BCUT2D eigenvalue weighted by Gasteiger charge is -2.17. The lowest BCUT2D eigenvalue weighted by molar-refractivity contribution is 0.0697. The Balaban J connectivity index is 1.52. The van der Waals surface area contributed by atoms with Gasteiger partial charge in [0, 0.05) is 28.4 Å². The van der Waals surface area contributed by atoms with Crippen LogP contribution in [0, 0.1) is 11.8 Å². The number of fused-ring (bicyclic) bond motifs is 1. The van der Waals surface area contributed by atoms with Crippen LogP contribution in [0.15, 0.2) is 90.4 Å². The third kappa shape index (κ3) is 4.61. The number of H-pyrrole nitrogens is 1. The van der Waals surface area contributed by atoms with Gasteiger partial charge >= 0.3 is 5.97 Å². The molecule has 1 unspecified atom stereocenters. The number of aromatic amines is 1. The van der Waals surface area contributed by atoms with E-state index < -0.39 is 17.2 Å². The molecule has 0 amide bonds. The van der Waals surface area contributed by atoms with Crippen molar-refractivity contribution in [1.29, 1.82) is 0 Å². The van der Waals surface area contributed by atoms with Crippen LogP contribution in [0.2, 0.25) is 0 Å². The van der Waals surface area contributed by atoms with Gasteiger partial charge in [-0.2, -0.15) is 0 Å². The molecule has 8 heteroatoms. The molecule has 6 nitrogen and oxygen atoms in total. The number of aromatic carboxylic acids is 1. The Morgan fingerprint density at radius 1 is 0.971 bits per heavy atom. The Morgan fingerprint density at radius 3 is 2.51 bits per heavy atom. The van der Waals surface area contributed by atoms with Crippen LogP contribution in [0.5, 0.6) is 0 Å². The van der Waals surface area contributed by atoms with Crippen LogP contribution >= 0.6 is 11.3 Å². The average Bonchev–Trinajstić information content (AvgIpc) is 3.55. The van der Waals surface area contributed by atoms with Crippen molar-refractivity contribution in [3.8, 4) is 23.0 Å². The second-order valence-electron chi connectivity index (χ2n) is 7.59. The number of nitrogens with one attached hydrogen (secondary N) is 1. The average molecular weight is 499 g/mol. The van der Waals surface area contributed by atoms with E-state index in [2.05, 4.69) is 16.8 Å². The Bertz CT molecular complexity index is 1610. The molecular weight excluding hydrogens is 480 g/mol. The number of carboxylic acid groups (broad SMARTS) is 1. The molecule has 0 aliphatic rings. The van der Waals surface area contributed by atoms with Crippen LogP contribution in [0.1, 0.15) is 21.5 Å². The van der Waals surface area contributed by atoms with Crippen molar-refractivity contribution in [2.45, 2.75) is 0 Å². The first-order valence-corrected chi connectivity index (χ1v) is 12.5. The number of anilines is 2. The summed E-state index contributed by atoms with van der Waals surface area (Å²) in [5.74, 6) is 5.19. The topological polar surface area (TPSA) is 93.6 Å². The van der Waals surface area contributed by atoms with E-state index in [1.165, 1.54) is 15.6 Å². The van der Waals surface area contributed by atoms with E-state index in [4.69, 9.17) is 0 Å². The Labute approximate surface area is 207 Å². The lowest BCUT2D eigenvalue weighted by Crippen LogP contribution is -2.17. The molecule has 5 aromatic rings. The van der Waals surface area contributed by atoms with Crippen molar-refractivity contribution in [1.82, 2.24) is 4.98 Å². The minimum atomic E-state index is -2.21. The maximum Gasteiger partial charge on any atom is 0.336 e. The largest absolute Gasteiger partial charge is 0.478 e. The van der Waals surface area contributed by atoms with E-state index >= 15 is 0 Å². The molecule has 0 spiro atoms. The highest BCUT2D eigenvalue weighted by atomic mass is 32.2. The van der Waals surface area contributed by atoms with E-state index in [1.54, 1.807) is 48.5 Å². The molecule has 3 N–H and O–H groups in total. The van der Waals surface area contributed by atoms with Gasteiger partial charge in [-0.25, -0.2) is 13.3 Å². The number of benzene rings is 3. The van der Waals surface area contributed by atoms with Crippen molar-refractivity contribution in [3.05, 3.63) is 107 Å². The molecule has 2 heterocycles. The fraction of sp³-hybridized carbons (Fsp3) is 0. The van der Waals surface area contributed by atoms with Crippen molar-refractivity contribution in [2.75, 3.05) is 4.31 Å². The van der Waals surface area contributed by atoms with E-state index in [1.807, 2.05) is 41.9 Å². The first-order valence-electron chi connectivity index (χ1n) is 10.5. The predicted octanol–water partition coefficient (Wildman–Crippen LogP) is 6.27. The molecule has 0 fully saturated rings. The molecule has 0 aliphatic carbocycles. The predicted molar refractivity (Wildman–Crippen MR) is 140 cm³/mol. The van der Waals surface area contributed by atoms with Crippen LogP contribution in [0.25, 0.3) is 22.0 Å². The lowest BCUT2D eigenvalue weighted by atomic mass is 9.93. The van der Waals surface area contributed by atoms with Crippen molar-refractivity contribution >= 4 is 50.2 Å². The Kier molecular flexibility index (Phi) is 6.21. The highest BCUT2D eigenvalue weighted by Crippen LogP contribution is 2.32. The minimum absolute atomic E-state index is 0.176. The normalized spacial score (nSPS) is 11.6. The van der Waals surface area contributed by atoms with Gasteiger partial charge in [0.15, 0.2) is 0 Å². The Morgan fingerprint density at radius 2 is 1.80 bits per heavy atom. The number of hydrogen-bond acceptors (Lipinski definition) is 3. The van der Waals surface area contributed by atoms with Crippen LogP contribution in [-0.4, -0.2) is 24.8 Å². The maximum absolute atomic E-state index is 12.0. The number of nitrogens with zero attached hydrogens (tertiary/aromatic N) is 1. The molecule has 172 valence electrons. The summed E-state index contributed by atoms with van der Waals surface area (Å²) in [4.78, 5) is 15.1. The number of aromatic nitrogens is 1. The summed E-state index contributed by atoms with van der Waals surface area (Å²) < 4.78 is 23.0. The first kappa shape index (κ1) is 22.6. The fourth-order valence-electron chi connectivity index (χ4n) is 3.85. The van der Waals surface area contributed by atoms with Gasteiger partial charge in [-0.3, -0.25) is 4.55 Å². The Hall–Kier alpha value is -4.16. The van der Waals surface area contributed by atoms with Crippen LogP contribution in [0.3, 0.4) is 0 Å². The zero-order valence-electron chi connectivity index (χ0n) is 18.1. The van der Waals surface area contributed by atoms with Gasteiger partial charge < -0.3 is 10.1 Å². The monoisotopic (exact) mass is 498 g/mol. The number of rotatable bonds is 5. The summed E-state index contributed by atoms with van der Waals surface area (Å²) in [7, 11) is 0. The van der Waals surface area contributed by atoms with Gasteiger partial charge in [-0.15, -0.1) is 11.3 Å². The molecular formula is C27H18N2O4S2. The fourth-order valence-corrected chi connectivity index (χ4v) is 5.34. The van der Waals surface area contributed by atoms with E-state index in [0.717, 1.165) is 16.5 Å². The third-order valence-electron chi connectivity index (χ3n) is 5.44. The second-order valence-corrected chi connectivity index (χ2v) is 9.34. The third-order valence-corrected chi connectivity index (χ3v) is 7.13. The molecule has 2 aromatic heterocycles. The molecule has 0 radical (unpaired) electrons. The molecule has 35 heavy (non-hydrogen) atoms. The van der Waals surface area contributed by atoms with Crippen LogP contribution < -0.4 is 4.31 Å². The SMILES string of the molecule is O=C(O)c1cccc(C#Cc2ccc(N(c3cccs3)S(=O)O)cc2)c1-c1ccc2cc[nH]c2c1. The van der Waals surface area contributed by atoms with Crippen LogP contribution in [-0.2, 0) is 11.3 Å². The van der Waals surface area contributed by atoms with Crippen LogP contribution in [0.4, 0.5) is 10.7 Å². The number of carboxylic acids is 1. The van der Waals surface area contributed by atoms with Gasteiger partial charge in [0.25, 0.3) is 11.3 Å². The van der Waals surface area contributed by atoms with Gasteiger partial charge in [-0.05, 0) is 77.0 Å². The van der Waals surface area contributed by atoms with Crippen molar-refractivity contribution in [3.63, 3.8) is 0 Å².